The van der Waals surface area contributed by atoms with E-state index in [1.807, 2.05) is 0 Å². The van der Waals surface area contributed by atoms with E-state index in [2.05, 4.69) is 0 Å². The molecule has 2 fully saturated rings. The van der Waals surface area contributed by atoms with E-state index in [1.54, 1.807) is 4.90 Å². The number of likely N-dealkylation sites (tertiary alicyclic amines) is 1. The maximum Gasteiger partial charge on any atom is 0.230 e. The van der Waals surface area contributed by atoms with Gasteiger partial charge in [0, 0.05) is 6.54 Å². The molecule has 13 heavy (non-hydrogen) atoms. The van der Waals surface area contributed by atoms with Crippen molar-refractivity contribution in [3.05, 3.63) is 0 Å². The van der Waals surface area contributed by atoms with Gasteiger partial charge in [0.2, 0.25) is 5.91 Å². The fourth-order valence-electron chi connectivity index (χ4n) is 1.96. The van der Waals surface area contributed by atoms with Crippen LogP contribution in [-0.2, 0) is 9.59 Å². The fraction of sp³-hybridized carbons (Fsp3) is 0.800. The predicted octanol–water partition coefficient (Wildman–Crippen LogP) is 0.978. The average Bonchev–Trinajstić information content (AvgIpc) is 2.27. The maximum atomic E-state index is 11.2. The molecule has 0 bridgehead atoms. The largest absolute Gasteiger partial charge is 0.335 e. The lowest BCUT2D eigenvalue weighted by molar-refractivity contribution is -0.128. The highest BCUT2D eigenvalue weighted by Crippen LogP contribution is 2.29. The molecule has 0 aromatic rings. The van der Waals surface area contributed by atoms with Crippen LogP contribution in [0.3, 0.4) is 0 Å². The maximum absolute atomic E-state index is 11.2. The number of hydrogen-bond donors (Lipinski definition) is 0. The first-order chi connectivity index (χ1) is 6.25. The van der Waals surface area contributed by atoms with Gasteiger partial charge >= 0.3 is 0 Å². The van der Waals surface area contributed by atoms with Gasteiger partial charge in [-0.2, -0.15) is 0 Å². The van der Waals surface area contributed by atoms with Crippen LogP contribution in [0.2, 0.25) is 0 Å². The summed E-state index contributed by atoms with van der Waals surface area (Å²) in [6.45, 7) is 1.17. The summed E-state index contributed by atoms with van der Waals surface area (Å²) in [5.41, 5.74) is 0. The Hall–Kier alpha value is -0.860. The zero-order valence-electron chi connectivity index (χ0n) is 7.79. The Morgan fingerprint density at radius 2 is 2.08 bits per heavy atom. The molecule has 0 spiro atoms. The van der Waals surface area contributed by atoms with Crippen molar-refractivity contribution in [2.75, 3.05) is 13.1 Å². The summed E-state index contributed by atoms with van der Waals surface area (Å²) >= 11 is 0. The van der Waals surface area contributed by atoms with Gasteiger partial charge in [-0.1, -0.05) is 19.3 Å². The topological polar surface area (TPSA) is 37.4 Å². The first kappa shape index (κ1) is 8.73. The molecular weight excluding hydrogens is 166 g/mol. The van der Waals surface area contributed by atoms with Crippen LogP contribution < -0.4 is 0 Å². The smallest absolute Gasteiger partial charge is 0.230 e. The number of nitrogens with zero attached hydrogens (tertiary/aromatic N) is 1. The third-order valence-electron chi connectivity index (χ3n) is 3.10. The van der Waals surface area contributed by atoms with E-state index < -0.39 is 0 Å². The SMILES string of the molecule is O=C1CC(=O)N(CCC2CCC2)C1. The van der Waals surface area contributed by atoms with E-state index >= 15 is 0 Å². The Morgan fingerprint density at radius 1 is 1.31 bits per heavy atom. The van der Waals surface area contributed by atoms with Crippen LogP contribution in [-0.4, -0.2) is 29.7 Å². The zero-order chi connectivity index (χ0) is 9.26. The van der Waals surface area contributed by atoms with Gasteiger partial charge in [-0.15, -0.1) is 0 Å². The van der Waals surface area contributed by atoms with Crippen molar-refractivity contribution in [1.82, 2.24) is 4.90 Å². The second-order valence-corrected chi connectivity index (χ2v) is 4.12. The van der Waals surface area contributed by atoms with Crippen molar-refractivity contribution >= 4 is 11.7 Å². The minimum Gasteiger partial charge on any atom is -0.335 e. The lowest BCUT2D eigenvalue weighted by Gasteiger charge is -2.27. The molecule has 0 unspecified atom stereocenters. The molecular formula is C10H15NO2. The van der Waals surface area contributed by atoms with Crippen molar-refractivity contribution in [3.63, 3.8) is 0 Å². The monoisotopic (exact) mass is 181 g/mol. The number of amides is 1. The Bertz CT molecular complexity index is 233. The number of carbonyl (C=O) groups excluding carboxylic acids is 2. The number of hydrogen-bond acceptors (Lipinski definition) is 2. The molecule has 1 amide bonds. The molecule has 0 atom stereocenters. The summed E-state index contributed by atoms with van der Waals surface area (Å²) in [6.07, 6.45) is 5.22. The van der Waals surface area contributed by atoms with Crippen LogP contribution in [0.15, 0.2) is 0 Å². The van der Waals surface area contributed by atoms with E-state index in [9.17, 15) is 9.59 Å². The van der Waals surface area contributed by atoms with Gasteiger partial charge in [0.25, 0.3) is 0 Å². The summed E-state index contributed by atoms with van der Waals surface area (Å²) in [7, 11) is 0. The van der Waals surface area contributed by atoms with Crippen molar-refractivity contribution in [2.45, 2.75) is 32.1 Å². The molecule has 1 aliphatic carbocycles. The van der Waals surface area contributed by atoms with Gasteiger partial charge in [0.1, 0.15) is 0 Å². The molecule has 1 saturated heterocycles. The van der Waals surface area contributed by atoms with Crippen LogP contribution in [0.5, 0.6) is 0 Å². The molecule has 0 aromatic heterocycles. The molecule has 2 rings (SSSR count). The van der Waals surface area contributed by atoms with Gasteiger partial charge in [-0.25, -0.2) is 0 Å². The summed E-state index contributed by atoms with van der Waals surface area (Å²) in [4.78, 5) is 23.8. The molecule has 0 N–H and O–H groups in total. The lowest BCUT2D eigenvalue weighted by Crippen LogP contribution is -2.29. The van der Waals surface area contributed by atoms with Gasteiger partial charge in [-0.05, 0) is 12.3 Å². The van der Waals surface area contributed by atoms with E-state index in [0.717, 1.165) is 18.9 Å². The molecule has 2 aliphatic rings. The Morgan fingerprint density at radius 3 is 2.54 bits per heavy atom. The van der Waals surface area contributed by atoms with E-state index in [0.29, 0.717) is 6.54 Å². The van der Waals surface area contributed by atoms with Gasteiger partial charge < -0.3 is 4.90 Å². The first-order valence-electron chi connectivity index (χ1n) is 5.05. The van der Waals surface area contributed by atoms with E-state index in [-0.39, 0.29) is 18.1 Å². The van der Waals surface area contributed by atoms with E-state index in [4.69, 9.17) is 0 Å². The van der Waals surface area contributed by atoms with Crippen LogP contribution >= 0.6 is 0 Å². The number of carbonyl (C=O) groups is 2. The average molecular weight is 181 g/mol. The highest BCUT2D eigenvalue weighted by atomic mass is 16.2. The summed E-state index contributed by atoms with van der Waals surface area (Å²) in [5.74, 6) is 0.937. The quantitative estimate of drug-likeness (QED) is 0.608. The summed E-state index contributed by atoms with van der Waals surface area (Å²) in [5, 5.41) is 0. The molecule has 1 aliphatic heterocycles. The summed E-state index contributed by atoms with van der Waals surface area (Å²) in [6, 6.07) is 0. The third-order valence-corrected chi connectivity index (χ3v) is 3.10. The van der Waals surface area contributed by atoms with E-state index in [1.165, 1.54) is 19.3 Å². The molecule has 1 saturated carbocycles. The van der Waals surface area contributed by atoms with Crippen LogP contribution in [0.25, 0.3) is 0 Å². The zero-order valence-corrected chi connectivity index (χ0v) is 7.79. The van der Waals surface area contributed by atoms with Crippen molar-refractivity contribution in [2.24, 2.45) is 5.92 Å². The normalized spacial score (nSPS) is 23.8. The Labute approximate surface area is 78.1 Å². The summed E-state index contributed by atoms with van der Waals surface area (Å²) < 4.78 is 0. The van der Waals surface area contributed by atoms with Gasteiger partial charge in [0.05, 0.1) is 13.0 Å². The molecule has 3 heteroatoms. The Kier molecular flexibility index (Phi) is 2.34. The predicted molar refractivity (Wildman–Crippen MR) is 48.2 cm³/mol. The van der Waals surface area contributed by atoms with Gasteiger partial charge in [0.15, 0.2) is 5.78 Å². The fourth-order valence-corrected chi connectivity index (χ4v) is 1.96. The molecule has 0 radical (unpaired) electrons. The number of rotatable bonds is 3. The highest BCUT2D eigenvalue weighted by Gasteiger charge is 2.28. The van der Waals surface area contributed by atoms with Crippen LogP contribution in [0.4, 0.5) is 0 Å². The molecule has 0 aromatic carbocycles. The van der Waals surface area contributed by atoms with Crippen LogP contribution in [0, 0.1) is 5.92 Å². The minimum atomic E-state index is 0.0318. The van der Waals surface area contributed by atoms with Crippen LogP contribution in [0.1, 0.15) is 32.1 Å². The van der Waals surface area contributed by atoms with Gasteiger partial charge in [-0.3, -0.25) is 9.59 Å². The molecule has 1 heterocycles. The second kappa shape index (κ2) is 3.48. The first-order valence-corrected chi connectivity index (χ1v) is 5.05. The minimum absolute atomic E-state index is 0.0318. The number of ketones is 1. The Balaban J connectivity index is 1.74. The van der Waals surface area contributed by atoms with Crippen molar-refractivity contribution < 1.29 is 9.59 Å². The van der Waals surface area contributed by atoms with Crippen molar-refractivity contribution in [1.29, 1.82) is 0 Å². The molecule has 72 valence electrons. The molecule has 3 nitrogen and oxygen atoms in total. The van der Waals surface area contributed by atoms with Crippen molar-refractivity contribution in [3.8, 4) is 0 Å². The second-order valence-electron chi connectivity index (χ2n) is 4.12. The third kappa shape index (κ3) is 1.90. The number of Topliss-reactive ketones (excluding diaryl/α,β-unsaturated/α-hetero) is 1. The lowest BCUT2D eigenvalue weighted by atomic mass is 9.83. The standard InChI is InChI=1S/C10H15NO2/c12-9-6-10(13)11(7-9)5-4-8-2-1-3-8/h8H,1-7H2. The highest BCUT2D eigenvalue weighted by molar-refractivity contribution is 6.05.